The van der Waals surface area contributed by atoms with Gasteiger partial charge in [-0.05, 0) is 42.2 Å². The maximum atomic E-state index is 2.41. The van der Waals surface area contributed by atoms with Crippen LogP contribution in [0.15, 0.2) is 24.3 Å². The highest BCUT2D eigenvalue weighted by molar-refractivity contribution is 5.25. The van der Waals surface area contributed by atoms with Crippen LogP contribution < -0.4 is 0 Å². The average molecular weight is 216 g/mol. The number of hydrogen-bond acceptors (Lipinski definition) is 0. The molecule has 2 rings (SSSR count). The van der Waals surface area contributed by atoms with Crippen molar-refractivity contribution in [3.63, 3.8) is 0 Å². The Kier molecular flexibility index (Phi) is 4.04. The van der Waals surface area contributed by atoms with E-state index in [0.29, 0.717) is 0 Å². The molecule has 88 valence electrons. The van der Waals surface area contributed by atoms with Crippen LogP contribution in [0.1, 0.15) is 63.0 Å². The van der Waals surface area contributed by atoms with E-state index in [4.69, 9.17) is 0 Å². The highest BCUT2D eigenvalue weighted by atomic mass is 14.3. The lowest BCUT2D eigenvalue weighted by molar-refractivity contribution is 0.461. The largest absolute Gasteiger partial charge is 0.0651 e. The summed E-state index contributed by atoms with van der Waals surface area (Å²) in [5.41, 5.74) is 3.04. The van der Waals surface area contributed by atoms with E-state index in [9.17, 15) is 0 Å². The summed E-state index contributed by atoms with van der Waals surface area (Å²) in [7, 11) is 0. The molecule has 0 radical (unpaired) electrons. The summed E-state index contributed by atoms with van der Waals surface area (Å²) >= 11 is 0. The van der Waals surface area contributed by atoms with Gasteiger partial charge in [0.1, 0.15) is 0 Å². The summed E-state index contributed by atoms with van der Waals surface area (Å²) in [5.74, 6) is 1.70. The third-order valence-corrected chi connectivity index (χ3v) is 4.15. The Bertz CT molecular complexity index is 303. The molecule has 1 aliphatic carbocycles. The Labute approximate surface area is 100 Å². The molecule has 1 aromatic rings. The van der Waals surface area contributed by atoms with Crippen molar-refractivity contribution in [1.82, 2.24) is 0 Å². The zero-order chi connectivity index (χ0) is 11.4. The van der Waals surface area contributed by atoms with Crippen molar-refractivity contribution >= 4 is 0 Å². The molecule has 1 fully saturated rings. The summed E-state index contributed by atoms with van der Waals surface area (Å²) < 4.78 is 0. The fraction of sp³-hybridized carbons (Fsp3) is 0.625. The molecule has 1 saturated carbocycles. The van der Waals surface area contributed by atoms with E-state index in [-0.39, 0.29) is 0 Å². The molecule has 0 unspecified atom stereocenters. The van der Waals surface area contributed by atoms with Gasteiger partial charge in [0.05, 0.1) is 0 Å². The van der Waals surface area contributed by atoms with Crippen molar-refractivity contribution < 1.29 is 0 Å². The van der Waals surface area contributed by atoms with Crippen LogP contribution in [-0.4, -0.2) is 0 Å². The molecule has 1 aliphatic rings. The Balaban J connectivity index is 2.02. The van der Waals surface area contributed by atoms with Gasteiger partial charge in [-0.15, -0.1) is 0 Å². The van der Waals surface area contributed by atoms with Gasteiger partial charge in [-0.3, -0.25) is 0 Å². The summed E-state index contributed by atoms with van der Waals surface area (Å²) in [6.07, 6.45) is 8.25. The van der Waals surface area contributed by atoms with E-state index in [1.54, 1.807) is 5.56 Å². The normalized spacial score (nSPS) is 18.9. The van der Waals surface area contributed by atoms with Crippen LogP contribution in [0.4, 0.5) is 0 Å². The number of rotatable bonds is 4. The van der Waals surface area contributed by atoms with Gasteiger partial charge in [-0.1, -0.05) is 57.4 Å². The van der Waals surface area contributed by atoms with Gasteiger partial charge in [-0.25, -0.2) is 0 Å². The first-order valence-electron chi connectivity index (χ1n) is 6.90. The fourth-order valence-corrected chi connectivity index (χ4v) is 3.01. The van der Waals surface area contributed by atoms with E-state index < -0.39 is 0 Å². The maximum absolute atomic E-state index is 2.41. The second-order valence-electron chi connectivity index (χ2n) is 5.32. The minimum Gasteiger partial charge on any atom is -0.0651 e. The molecule has 0 heteroatoms. The predicted molar refractivity (Wildman–Crippen MR) is 70.8 cm³/mol. The molecule has 0 saturated heterocycles. The highest BCUT2D eigenvalue weighted by Gasteiger charge is 2.22. The summed E-state index contributed by atoms with van der Waals surface area (Å²) in [4.78, 5) is 0. The molecule has 0 N–H and O–H groups in total. The van der Waals surface area contributed by atoms with Crippen molar-refractivity contribution in [3.8, 4) is 0 Å². The van der Waals surface area contributed by atoms with E-state index >= 15 is 0 Å². The Morgan fingerprint density at radius 1 is 1.12 bits per heavy atom. The molecule has 0 amide bonds. The maximum Gasteiger partial charge on any atom is -0.0162 e. The number of benzene rings is 1. The standard InChI is InChI=1S/C16H24/c1-3-6-14-9-11-16(12-10-14)13(2)15-7-4-5-8-15/h9-13,15H,3-8H2,1-2H3/t13-/m1/s1. The second-order valence-corrected chi connectivity index (χ2v) is 5.32. The monoisotopic (exact) mass is 216 g/mol. The third-order valence-electron chi connectivity index (χ3n) is 4.15. The molecule has 0 heterocycles. The van der Waals surface area contributed by atoms with Crippen LogP contribution in [0.3, 0.4) is 0 Å². The van der Waals surface area contributed by atoms with Crippen molar-refractivity contribution in [2.45, 2.75) is 58.3 Å². The van der Waals surface area contributed by atoms with Crippen molar-refractivity contribution in [3.05, 3.63) is 35.4 Å². The second kappa shape index (κ2) is 5.52. The van der Waals surface area contributed by atoms with E-state index in [1.165, 1.54) is 44.1 Å². The van der Waals surface area contributed by atoms with Crippen LogP contribution >= 0.6 is 0 Å². The van der Waals surface area contributed by atoms with Gasteiger partial charge in [0, 0.05) is 0 Å². The molecule has 16 heavy (non-hydrogen) atoms. The first-order chi connectivity index (χ1) is 7.81. The van der Waals surface area contributed by atoms with E-state index in [1.807, 2.05) is 0 Å². The highest BCUT2D eigenvalue weighted by Crippen LogP contribution is 2.36. The third kappa shape index (κ3) is 2.66. The molecule has 1 aromatic carbocycles. The fourth-order valence-electron chi connectivity index (χ4n) is 3.01. The van der Waals surface area contributed by atoms with Gasteiger partial charge in [0.25, 0.3) is 0 Å². The average Bonchev–Trinajstić information content (AvgIpc) is 2.83. The zero-order valence-corrected chi connectivity index (χ0v) is 10.7. The minimum atomic E-state index is 0.762. The van der Waals surface area contributed by atoms with Gasteiger partial charge < -0.3 is 0 Å². The van der Waals surface area contributed by atoms with Crippen molar-refractivity contribution in [2.24, 2.45) is 5.92 Å². The molecule has 0 bridgehead atoms. The van der Waals surface area contributed by atoms with Crippen molar-refractivity contribution in [1.29, 1.82) is 0 Å². The van der Waals surface area contributed by atoms with E-state index in [0.717, 1.165) is 11.8 Å². The SMILES string of the molecule is CCCc1ccc([C@H](C)C2CCCC2)cc1. The van der Waals surface area contributed by atoms with Crippen LogP contribution in [0.25, 0.3) is 0 Å². The molecule has 0 aliphatic heterocycles. The predicted octanol–water partition coefficient (Wildman–Crippen LogP) is 4.93. The smallest absolute Gasteiger partial charge is 0.0162 e. The first-order valence-corrected chi connectivity index (χ1v) is 6.90. The van der Waals surface area contributed by atoms with Gasteiger partial charge >= 0.3 is 0 Å². The molecule has 0 nitrogen and oxygen atoms in total. The summed E-state index contributed by atoms with van der Waals surface area (Å²) in [5, 5.41) is 0. The number of aryl methyl sites for hydroxylation is 1. The van der Waals surface area contributed by atoms with Gasteiger partial charge in [0.2, 0.25) is 0 Å². The van der Waals surface area contributed by atoms with Crippen molar-refractivity contribution in [2.75, 3.05) is 0 Å². The Morgan fingerprint density at radius 2 is 1.75 bits per heavy atom. The topological polar surface area (TPSA) is 0 Å². The Morgan fingerprint density at radius 3 is 2.31 bits per heavy atom. The van der Waals surface area contributed by atoms with Crippen LogP contribution in [0.5, 0.6) is 0 Å². The lowest BCUT2D eigenvalue weighted by Gasteiger charge is -2.19. The quantitative estimate of drug-likeness (QED) is 0.669. The minimum absolute atomic E-state index is 0.762. The summed E-state index contributed by atoms with van der Waals surface area (Å²) in [6, 6.07) is 9.36. The zero-order valence-electron chi connectivity index (χ0n) is 10.7. The lowest BCUT2D eigenvalue weighted by atomic mass is 9.86. The summed E-state index contributed by atoms with van der Waals surface area (Å²) in [6.45, 7) is 4.65. The molecule has 0 aromatic heterocycles. The molecule has 0 spiro atoms. The molecular weight excluding hydrogens is 192 g/mol. The van der Waals surface area contributed by atoms with Gasteiger partial charge in [0.15, 0.2) is 0 Å². The first kappa shape index (κ1) is 11.7. The van der Waals surface area contributed by atoms with Crippen LogP contribution in [0.2, 0.25) is 0 Å². The van der Waals surface area contributed by atoms with Crippen LogP contribution in [0, 0.1) is 5.92 Å². The van der Waals surface area contributed by atoms with E-state index in [2.05, 4.69) is 38.1 Å². The molecule has 1 atom stereocenters. The lowest BCUT2D eigenvalue weighted by Crippen LogP contribution is -2.05. The molecular formula is C16H24. The Hall–Kier alpha value is -0.780. The van der Waals surface area contributed by atoms with Crippen LogP contribution in [-0.2, 0) is 6.42 Å². The van der Waals surface area contributed by atoms with Gasteiger partial charge in [-0.2, -0.15) is 0 Å². The number of hydrogen-bond donors (Lipinski definition) is 0.